The van der Waals surface area contributed by atoms with E-state index in [1.165, 1.54) is 6.07 Å². The zero-order valence-electron chi connectivity index (χ0n) is 14.0. The third-order valence-corrected chi connectivity index (χ3v) is 4.61. The van der Waals surface area contributed by atoms with Crippen molar-refractivity contribution in [3.63, 3.8) is 0 Å². The number of carbonyl (C=O) groups excluding carboxylic acids is 1. The molecule has 0 atom stereocenters. The molecular formula is C19H19FN4O. The molecule has 1 N–H and O–H groups in total. The van der Waals surface area contributed by atoms with Crippen molar-refractivity contribution in [2.45, 2.75) is 6.92 Å². The molecule has 0 saturated carbocycles. The van der Waals surface area contributed by atoms with Crippen molar-refractivity contribution >= 4 is 22.6 Å². The summed E-state index contributed by atoms with van der Waals surface area (Å²) in [5.41, 5.74) is 2.98. The van der Waals surface area contributed by atoms with E-state index in [-0.39, 0.29) is 11.7 Å². The lowest BCUT2D eigenvalue weighted by Crippen LogP contribution is -2.49. The van der Waals surface area contributed by atoms with Gasteiger partial charge in [-0.2, -0.15) is 0 Å². The minimum atomic E-state index is -0.220. The zero-order chi connectivity index (χ0) is 17.4. The normalized spacial score (nSPS) is 15.0. The molecule has 5 nitrogen and oxygen atoms in total. The number of rotatable bonds is 2. The zero-order valence-corrected chi connectivity index (χ0v) is 14.0. The molecule has 3 aromatic rings. The van der Waals surface area contributed by atoms with Gasteiger partial charge in [-0.1, -0.05) is 12.1 Å². The lowest BCUT2D eigenvalue weighted by atomic mass is 10.1. The molecule has 1 fully saturated rings. The molecule has 0 radical (unpaired) electrons. The highest BCUT2D eigenvalue weighted by atomic mass is 19.1. The summed E-state index contributed by atoms with van der Waals surface area (Å²) in [4.78, 5) is 24.1. The number of hydrogen-bond donors (Lipinski definition) is 1. The third kappa shape index (κ3) is 2.95. The summed E-state index contributed by atoms with van der Waals surface area (Å²) in [6, 6.07) is 12.3. The number of aryl methyl sites for hydroxylation is 1. The van der Waals surface area contributed by atoms with Gasteiger partial charge in [-0.25, -0.2) is 9.37 Å². The second-order valence-electron chi connectivity index (χ2n) is 6.28. The van der Waals surface area contributed by atoms with Crippen LogP contribution in [0.3, 0.4) is 0 Å². The highest BCUT2D eigenvalue weighted by Gasteiger charge is 2.23. The number of carbonyl (C=O) groups is 1. The molecule has 1 aliphatic rings. The molecule has 128 valence electrons. The van der Waals surface area contributed by atoms with Crippen LogP contribution in [0.5, 0.6) is 0 Å². The van der Waals surface area contributed by atoms with Gasteiger partial charge in [-0.15, -0.1) is 0 Å². The third-order valence-electron chi connectivity index (χ3n) is 4.61. The van der Waals surface area contributed by atoms with Gasteiger partial charge < -0.3 is 14.8 Å². The number of fused-ring (bicyclic) bond motifs is 1. The Morgan fingerprint density at radius 2 is 1.88 bits per heavy atom. The number of aromatic amines is 1. The molecule has 2 aromatic carbocycles. The fourth-order valence-electron chi connectivity index (χ4n) is 3.31. The Morgan fingerprint density at radius 1 is 1.12 bits per heavy atom. The van der Waals surface area contributed by atoms with E-state index in [0.29, 0.717) is 37.4 Å². The smallest absolute Gasteiger partial charge is 0.254 e. The van der Waals surface area contributed by atoms with Crippen molar-refractivity contribution in [2.75, 3.05) is 31.1 Å². The number of nitrogens with one attached hydrogen (secondary N) is 1. The largest absolute Gasteiger partial charge is 0.366 e. The van der Waals surface area contributed by atoms with E-state index in [1.54, 1.807) is 12.1 Å². The van der Waals surface area contributed by atoms with Crippen LogP contribution in [0.15, 0.2) is 42.5 Å². The van der Waals surface area contributed by atoms with Crippen molar-refractivity contribution in [2.24, 2.45) is 0 Å². The Kier molecular flexibility index (Phi) is 3.87. The van der Waals surface area contributed by atoms with E-state index >= 15 is 0 Å². The van der Waals surface area contributed by atoms with Gasteiger partial charge in [0.2, 0.25) is 0 Å². The quantitative estimate of drug-likeness (QED) is 0.781. The number of hydrogen-bond acceptors (Lipinski definition) is 3. The molecule has 1 amide bonds. The van der Waals surface area contributed by atoms with E-state index in [0.717, 1.165) is 16.9 Å². The highest BCUT2D eigenvalue weighted by Crippen LogP contribution is 2.21. The van der Waals surface area contributed by atoms with Crippen molar-refractivity contribution in [3.8, 4) is 0 Å². The summed E-state index contributed by atoms with van der Waals surface area (Å²) in [5.74, 6) is 0.614. The van der Waals surface area contributed by atoms with E-state index in [2.05, 4.69) is 9.97 Å². The van der Waals surface area contributed by atoms with Crippen LogP contribution in [0.1, 0.15) is 16.2 Å². The fraction of sp³-hybridized carbons (Fsp3) is 0.263. The number of H-pyrrole nitrogens is 1. The Labute approximate surface area is 145 Å². The predicted molar refractivity (Wildman–Crippen MR) is 95.3 cm³/mol. The van der Waals surface area contributed by atoms with Gasteiger partial charge in [-0.05, 0) is 37.3 Å². The molecule has 1 aliphatic heterocycles. The van der Waals surface area contributed by atoms with E-state index in [9.17, 15) is 9.18 Å². The molecular weight excluding hydrogens is 319 g/mol. The van der Waals surface area contributed by atoms with Crippen molar-refractivity contribution in [1.82, 2.24) is 14.9 Å². The fourth-order valence-corrected chi connectivity index (χ4v) is 3.31. The molecule has 1 saturated heterocycles. The standard InChI is InChI=1S/C19H19FN4O/c1-13-21-16-7-6-14(12-17(16)22-13)19(25)24-10-8-23(9-11-24)18-5-3-2-4-15(18)20/h2-7,12H,8-11H2,1H3,(H,21,22). The molecule has 0 spiro atoms. The Hall–Kier alpha value is -2.89. The summed E-state index contributed by atoms with van der Waals surface area (Å²) in [5, 5.41) is 0. The first-order chi connectivity index (χ1) is 12.1. The molecule has 0 bridgehead atoms. The summed E-state index contributed by atoms with van der Waals surface area (Å²) >= 11 is 0. The van der Waals surface area contributed by atoms with Crippen LogP contribution in [0.25, 0.3) is 11.0 Å². The summed E-state index contributed by atoms with van der Waals surface area (Å²) in [6.07, 6.45) is 0. The Balaban J connectivity index is 1.48. The number of para-hydroxylation sites is 1. The lowest BCUT2D eigenvalue weighted by Gasteiger charge is -2.36. The van der Waals surface area contributed by atoms with Crippen LogP contribution in [-0.4, -0.2) is 47.0 Å². The van der Waals surface area contributed by atoms with Crippen molar-refractivity contribution in [3.05, 3.63) is 59.7 Å². The van der Waals surface area contributed by atoms with Crippen molar-refractivity contribution in [1.29, 1.82) is 0 Å². The molecule has 6 heteroatoms. The first-order valence-electron chi connectivity index (χ1n) is 8.37. The lowest BCUT2D eigenvalue weighted by molar-refractivity contribution is 0.0747. The number of aromatic nitrogens is 2. The molecule has 1 aromatic heterocycles. The number of nitrogens with zero attached hydrogens (tertiary/aromatic N) is 3. The maximum atomic E-state index is 13.9. The van der Waals surface area contributed by atoms with Crippen LogP contribution >= 0.6 is 0 Å². The molecule has 0 unspecified atom stereocenters. The minimum absolute atomic E-state index is 0.00216. The van der Waals surface area contributed by atoms with Crippen LogP contribution < -0.4 is 4.90 Å². The molecule has 4 rings (SSSR count). The van der Waals surface area contributed by atoms with Crippen molar-refractivity contribution < 1.29 is 9.18 Å². The van der Waals surface area contributed by atoms with Gasteiger partial charge in [0.25, 0.3) is 5.91 Å². The SMILES string of the molecule is Cc1nc2ccc(C(=O)N3CCN(c4ccccc4F)CC3)cc2[nH]1. The highest BCUT2D eigenvalue weighted by molar-refractivity contribution is 5.97. The number of halogens is 1. The molecule has 2 heterocycles. The van der Waals surface area contributed by atoms with Crippen LogP contribution in [0.4, 0.5) is 10.1 Å². The average molecular weight is 338 g/mol. The maximum Gasteiger partial charge on any atom is 0.254 e. The van der Waals surface area contributed by atoms with Crippen LogP contribution in [0.2, 0.25) is 0 Å². The van der Waals surface area contributed by atoms with Crippen LogP contribution in [-0.2, 0) is 0 Å². The summed E-state index contributed by atoms with van der Waals surface area (Å²) < 4.78 is 13.9. The second kappa shape index (κ2) is 6.20. The maximum absolute atomic E-state index is 13.9. The first kappa shape index (κ1) is 15.6. The molecule has 25 heavy (non-hydrogen) atoms. The van der Waals surface area contributed by atoms with E-state index < -0.39 is 0 Å². The predicted octanol–water partition coefficient (Wildman–Crippen LogP) is 2.97. The minimum Gasteiger partial charge on any atom is -0.366 e. The average Bonchev–Trinajstić information content (AvgIpc) is 3.01. The number of amides is 1. The summed E-state index contributed by atoms with van der Waals surface area (Å²) in [7, 11) is 0. The van der Waals surface area contributed by atoms with E-state index in [1.807, 2.05) is 41.0 Å². The molecule has 0 aliphatic carbocycles. The van der Waals surface area contributed by atoms with Gasteiger partial charge in [0.05, 0.1) is 16.7 Å². The number of anilines is 1. The van der Waals surface area contributed by atoms with Gasteiger partial charge in [-0.3, -0.25) is 4.79 Å². The second-order valence-corrected chi connectivity index (χ2v) is 6.28. The van der Waals surface area contributed by atoms with Gasteiger partial charge in [0.15, 0.2) is 0 Å². The Bertz CT molecular complexity index is 928. The first-order valence-corrected chi connectivity index (χ1v) is 8.37. The number of imidazole rings is 1. The van der Waals surface area contributed by atoms with Gasteiger partial charge in [0, 0.05) is 31.7 Å². The topological polar surface area (TPSA) is 52.2 Å². The number of piperazine rings is 1. The Morgan fingerprint density at radius 3 is 2.64 bits per heavy atom. The van der Waals surface area contributed by atoms with Crippen LogP contribution in [0, 0.1) is 12.7 Å². The van der Waals surface area contributed by atoms with Gasteiger partial charge >= 0.3 is 0 Å². The summed E-state index contributed by atoms with van der Waals surface area (Å²) in [6.45, 7) is 4.29. The number of benzene rings is 2. The van der Waals surface area contributed by atoms with Gasteiger partial charge in [0.1, 0.15) is 11.6 Å². The monoisotopic (exact) mass is 338 g/mol. The van der Waals surface area contributed by atoms with E-state index in [4.69, 9.17) is 0 Å².